The maximum absolute atomic E-state index is 12.7. The number of β-amino-alcohol motifs (C(OH)–C–C–N with tert-alkyl or cyclic N) is 1. The van der Waals surface area contributed by atoms with Gasteiger partial charge in [0.15, 0.2) is 0 Å². The van der Waals surface area contributed by atoms with Gasteiger partial charge in [-0.05, 0) is 42.5 Å². The molecule has 5 rings (SSSR count). The zero-order valence-electron chi connectivity index (χ0n) is 17.2. The number of carbonyl (C=O) groups excluding carboxylic acids is 1. The number of hydrogen-bond acceptors (Lipinski definition) is 5. The summed E-state index contributed by atoms with van der Waals surface area (Å²) in [4.78, 5) is 23.9. The lowest BCUT2D eigenvalue weighted by Gasteiger charge is -2.38. The summed E-state index contributed by atoms with van der Waals surface area (Å²) in [5.74, 6) is 0.932. The molecule has 2 unspecified atom stereocenters. The van der Waals surface area contributed by atoms with E-state index in [0.29, 0.717) is 30.2 Å². The summed E-state index contributed by atoms with van der Waals surface area (Å²) >= 11 is 5.93. The molecule has 1 amide bonds. The molecule has 160 valence electrons. The van der Waals surface area contributed by atoms with Crippen LogP contribution in [0.2, 0.25) is 5.02 Å². The molecular formula is C24H25ClN4O2. The third-order valence-electron chi connectivity index (χ3n) is 6.33. The Morgan fingerprint density at radius 3 is 2.45 bits per heavy atom. The Morgan fingerprint density at radius 1 is 0.935 bits per heavy atom. The number of aromatic nitrogens is 1. The second-order valence-electron chi connectivity index (χ2n) is 8.24. The maximum atomic E-state index is 12.7. The van der Waals surface area contributed by atoms with Crippen LogP contribution in [0.25, 0.3) is 10.9 Å². The number of rotatable bonds is 3. The average Bonchev–Trinajstić information content (AvgIpc) is 3.20. The monoisotopic (exact) mass is 436 g/mol. The number of hydrogen-bond donors (Lipinski definition) is 1. The number of carbonyl (C=O) groups is 1. The normalized spacial score (nSPS) is 22.3. The standard InChI is InChI=1S/C24H25ClN4O2/c25-19-8-5-18(6-9-19)24(31)28-13-11-27(12-14-28)21-15-29(16-22(21)30)23-10-7-17-3-1-2-4-20(17)26-23/h1-10,21-22,30H,11-16H2. The molecule has 3 heterocycles. The fraction of sp³-hybridized carbons (Fsp3) is 0.333. The largest absolute Gasteiger partial charge is 0.390 e. The lowest BCUT2D eigenvalue weighted by molar-refractivity contribution is 0.0376. The van der Waals surface area contributed by atoms with Crippen molar-refractivity contribution in [2.45, 2.75) is 12.1 Å². The van der Waals surface area contributed by atoms with Gasteiger partial charge in [-0.1, -0.05) is 29.8 Å². The van der Waals surface area contributed by atoms with Gasteiger partial charge >= 0.3 is 0 Å². The molecule has 6 nitrogen and oxygen atoms in total. The van der Waals surface area contributed by atoms with Crippen LogP contribution in [0.4, 0.5) is 5.82 Å². The molecule has 0 aliphatic carbocycles. The van der Waals surface area contributed by atoms with Crippen LogP contribution < -0.4 is 4.90 Å². The van der Waals surface area contributed by atoms with E-state index in [-0.39, 0.29) is 11.9 Å². The van der Waals surface area contributed by atoms with Crippen molar-refractivity contribution in [1.82, 2.24) is 14.8 Å². The first-order chi connectivity index (χ1) is 15.1. The highest BCUT2D eigenvalue weighted by Gasteiger charge is 2.37. The third-order valence-corrected chi connectivity index (χ3v) is 6.58. The van der Waals surface area contributed by atoms with Crippen molar-refractivity contribution in [1.29, 1.82) is 0 Å². The third kappa shape index (κ3) is 4.11. The summed E-state index contributed by atoms with van der Waals surface area (Å²) in [7, 11) is 0. The zero-order chi connectivity index (χ0) is 21.4. The fourth-order valence-electron chi connectivity index (χ4n) is 4.58. The second kappa shape index (κ2) is 8.46. The van der Waals surface area contributed by atoms with Gasteiger partial charge in [-0.15, -0.1) is 0 Å². The highest BCUT2D eigenvalue weighted by Crippen LogP contribution is 2.25. The van der Waals surface area contributed by atoms with Crippen molar-refractivity contribution >= 4 is 34.2 Å². The summed E-state index contributed by atoms with van der Waals surface area (Å²) in [6.07, 6.45) is -0.438. The van der Waals surface area contributed by atoms with E-state index in [9.17, 15) is 9.90 Å². The molecule has 0 radical (unpaired) electrons. The van der Waals surface area contributed by atoms with Gasteiger partial charge in [0.25, 0.3) is 5.91 Å². The van der Waals surface area contributed by atoms with Crippen molar-refractivity contribution in [3.8, 4) is 0 Å². The van der Waals surface area contributed by atoms with E-state index in [1.165, 1.54) is 0 Å². The van der Waals surface area contributed by atoms with Crippen molar-refractivity contribution in [3.05, 3.63) is 71.2 Å². The summed E-state index contributed by atoms with van der Waals surface area (Å²) in [6.45, 7) is 4.11. The smallest absolute Gasteiger partial charge is 0.253 e. The number of fused-ring (bicyclic) bond motifs is 1. The van der Waals surface area contributed by atoms with Crippen LogP contribution in [-0.4, -0.2) is 77.2 Å². The predicted octanol–water partition coefficient (Wildman–Crippen LogP) is 2.90. The number of anilines is 1. The summed E-state index contributed by atoms with van der Waals surface area (Å²) < 4.78 is 0. The Labute approximate surface area is 186 Å². The highest BCUT2D eigenvalue weighted by atomic mass is 35.5. The topological polar surface area (TPSA) is 59.9 Å². The first-order valence-corrected chi connectivity index (χ1v) is 11.0. The van der Waals surface area contributed by atoms with Gasteiger partial charge in [-0.25, -0.2) is 4.98 Å². The van der Waals surface area contributed by atoms with Crippen LogP contribution >= 0.6 is 11.6 Å². The number of amides is 1. The number of aliphatic hydroxyl groups excluding tert-OH is 1. The van der Waals surface area contributed by atoms with Crippen LogP contribution in [0.15, 0.2) is 60.7 Å². The van der Waals surface area contributed by atoms with Crippen molar-refractivity contribution in [2.75, 3.05) is 44.2 Å². The van der Waals surface area contributed by atoms with Gasteiger partial charge in [0.05, 0.1) is 17.7 Å². The van der Waals surface area contributed by atoms with E-state index in [2.05, 4.69) is 21.9 Å². The molecule has 31 heavy (non-hydrogen) atoms. The Bertz CT molecular complexity index is 1080. The molecule has 0 bridgehead atoms. The minimum Gasteiger partial charge on any atom is -0.390 e. The summed E-state index contributed by atoms with van der Waals surface area (Å²) in [5.41, 5.74) is 1.62. The number of aliphatic hydroxyl groups is 1. The summed E-state index contributed by atoms with van der Waals surface area (Å²) in [5, 5.41) is 12.5. The van der Waals surface area contributed by atoms with Crippen LogP contribution in [-0.2, 0) is 0 Å². The molecule has 7 heteroatoms. The lowest BCUT2D eigenvalue weighted by Crippen LogP contribution is -2.54. The van der Waals surface area contributed by atoms with Gasteiger partial charge < -0.3 is 14.9 Å². The molecule has 2 atom stereocenters. The predicted molar refractivity (Wildman–Crippen MR) is 123 cm³/mol. The first-order valence-electron chi connectivity index (χ1n) is 10.7. The summed E-state index contributed by atoms with van der Waals surface area (Å²) in [6, 6.07) is 19.3. The van der Waals surface area contributed by atoms with E-state index >= 15 is 0 Å². The van der Waals surface area contributed by atoms with Crippen LogP contribution in [0.3, 0.4) is 0 Å². The molecule has 3 aromatic rings. The Balaban J connectivity index is 1.22. The number of benzene rings is 2. The number of pyridine rings is 1. The first kappa shape index (κ1) is 20.2. The van der Waals surface area contributed by atoms with Crippen LogP contribution in [0, 0.1) is 0 Å². The number of nitrogens with zero attached hydrogens (tertiary/aromatic N) is 4. The van der Waals surface area contributed by atoms with Crippen molar-refractivity contribution in [2.24, 2.45) is 0 Å². The SMILES string of the molecule is O=C(c1ccc(Cl)cc1)N1CCN(C2CN(c3ccc4ccccc4n3)CC2O)CC1. The van der Waals surface area contributed by atoms with Crippen molar-refractivity contribution < 1.29 is 9.90 Å². The van der Waals surface area contributed by atoms with Crippen LogP contribution in [0.1, 0.15) is 10.4 Å². The molecule has 2 aromatic carbocycles. The molecule has 2 fully saturated rings. The number of para-hydroxylation sites is 1. The Morgan fingerprint density at radius 2 is 1.68 bits per heavy atom. The van der Waals surface area contributed by atoms with E-state index in [1.54, 1.807) is 24.3 Å². The Hall–Kier alpha value is -2.67. The van der Waals surface area contributed by atoms with E-state index in [4.69, 9.17) is 16.6 Å². The zero-order valence-corrected chi connectivity index (χ0v) is 17.9. The Kier molecular flexibility index (Phi) is 5.52. The molecule has 0 spiro atoms. The maximum Gasteiger partial charge on any atom is 0.253 e. The van der Waals surface area contributed by atoms with Gasteiger partial charge in [0, 0.05) is 55.2 Å². The van der Waals surface area contributed by atoms with E-state index in [1.807, 2.05) is 29.2 Å². The van der Waals surface area contributed by atoms with E-state index in [0.717, 1.165) is 36.4 Å². The molecule has 1 aromatic heterocycles. The van der Waals surface area contributed by atoms with Crippen molar-refractivity contribution in [3.63, 3.8) is 0 Å². The van der Waals surface area contributed by atoms with Gasteiger partial charge in [0.2, 0.25) is 0 Å². The van der Waals surface area contributed by atoms with Gasteiger partial charge in [-0.2, -0.15) is 0 Å². The molecule has 2 aliphatic heterocycles. The van der Waals surface area contributed by atoms with E-state index < -0.39 is 6.10 Å². The minimum absolute atomic E-state index is 0.0327. The van der Waals surface area contributed by atoms with Crippen LogP contribution in [0.5, 0.6) is 0 Å². The minimum atomic E-state index is -0.438. The number of piperazine rings is 1. The lowest BCUT2D eigenvalue weighted by atomic mass is 10.1. The number of halogens is 1. The van der Waals surface area contributed by atoms with Gasteiger partial charge in [-0.3, -0.25) is 9.69 Å². The highest BCUT2D eigenvalue weighted by molar-refractivity contribution is 6.30. The molecule has 2 saturated heterocycles. The quantitative estimate of drug-likeness (QED) is 0.684. The molecular weight excluding hydrogens is 412 g/mol. The fourth-order valence-corrected chi connectivity index (χ4v) is 4.70. The molecule has 1 N–H and O–H groups in total. The molecule has 2 aliphatic rings. The molecule has 0 saturated carbocycles. The average molecular weight is 437 g/mol. The second-order valence-corrected chi connectivity index (χ2v) is 8.67. The van der Waals surface area contributed by atoms with Gasteiger partial charge in [0.1, 0.15) is 5.82 Å².